The third-order valence-electron chi connectivity index (χ3n) is 6.60. The average molecular weight is 421 g/mol. The molecule has 0 spiro atoms. The van der Waals surface area contributed by atoms with Crippen molar-refractivity contribution in [2.75, 3.05) is 26.3 Å². The van der Waals surface area contributed by atoms with Crippen LogP contribution in [-0.2, 0) is 16.0 Å². The summed E-state index contributed by atoms with van der Waals surface area (Å²) in [5.74, 6) is 1.72. The summed E-state index contributed by atoms with van der Waals surface area (Å²) in [6.07, 6.45) is 9.83. The molecule has 0 amide bonds. The molecule has 31 heavy (non-hydrogen) atoms. The molecule has 0 unspecified atom stereocenters. The van der Waals surface area contributed by atoms with Crippen LogP contribution in [0.3, 0.4) is 0 Å². The zero-order valence-corrected chi connectivity index (χ0v) is 17.9. The maximum atomic E-state index is 13.0. The molecule has 0 N–H and O–H groups in total. The van der Waals surface area contributed by atoms with Crippen LogP contribution in [0.25, 0.3) is 22.2 Å². The summed E-state index contributed by atoms with van der Waals surface area (Å²) < 4.78 is 11.1. The SMILES string of the molecule is Cc1ncc(-c2cc3cc(CC(=O)C4CCC(N5CCOCC5)CC4)ncc3cn2)o1. The van der Waals surface area contributed by atoms with Gasteiger partial charge in [-0.2, -0.15) is 0 Å². The molecule has 0 aromatic carbocycles. The topological polar surface area (TPSA) is 81.4 Å². The van der Waals surface area contributed by atoms with Crippen LogP contribution < -0.4 is 0 Å². The van der Waals surface area contributed by atoms with Gasteiger partial charge in [0.1, 0.15) is 11.5 Å². The van der Waals surface area contributed by atoms with Crippen LogP contribution in [0.1, 0.15) is 37.3 Å². The molecule has 162 valence electrons. The summed E-state index contributed by atoms with van der Waals surface area (Å²) in [6, 6.07) is 4.58. The number of rotatable bonds is 5. The third kappa shape index (κ3) is 4.52. The number of oxazole rings is 1. The van der Waals surface area contributed by atoms with E-state index in [-0.39, 0.29) is 5.92 Å². The second kappa shape index (κ2) is 8.85. The fraction of sp³-hybridized carbons (Fsp3) is 0.500. The Balaban J connectivity index is 1.24. The van der Waals surface area contributed by atoms with E-state index < -0.39 is 0 Å². The summed E-state index contributed by atoms with van der Waals surface area (Å²) in [4.78, 5) is 28.6. The number of ketones is 1. The number of carbonyl (C=O) groups excluding carboxylic acids is 1. The number of hydrogen-bond acceptors (Lipinski definition) is 7. The molecule has 1 saturated carbocycles. The molecule has 1 aliphatic carbocycles. The molecule has 0 bridgehead atoms. The largest absolute Gasteiger partial charge is 0.439 e. The highest BCUT2D eigenvalue weighted by atomic mass is 16.5. The molecular formula is C24H28N4O3. The third-order valence-corrected chi connectivity index (χ3v) is 6.60. The molecule has 0 radical (unpaired) electrons. The summed E-state index contributed by atoms with van der Waals surface area (Å²) in [5.41, 5.74) is 1.55. The lowest BCUT2D eigenvalue weighted by molar-refractivity contribution is -0.123. The second-order valence-electron chi connectivity index (χ2n) is 8.63. The Morgan fingerprint density at radius 3 is 2.52 bits per heavy atom. The van der Waals surface area contributed by atoms with E-state index in [0.29, 0.717) is 29.9 Å². The molecule has 1 saturated heterocycles. The van der Waals surface area contributed by atoms with Crippen molar-refractivity contribution in [3.63, 3.8) is 0 Å². The van der Waals surface area contributed by atoms with Crippen molar-refractivity contribution < 1.29 is 13.9 Å². The quantitative estimate of drug-likeness (QED) is 0.624. The number of ether oxygens (including phenoxy) is 1. The van der Waals surface area contributed by atoms with E-state index in [0.717, 1.165) is 74.1 Å². The monoisotopic (exact) mass is 420 g/mol. The zero-order valence-electron chi connectivity index (χ0n) is 17.9. The van der Waals surface area contributed by atoms with Crippen molar-refractivity contribution in [1.29, 1.82) is 0 Å². The minimum absolute atomic E-state index is 0.153. The fourth-order valence-electron chi connectivity index (χ4n) is 4.82. The fourth-order valence-corrected chi connectivity index (χ4v) is 4.82. The highest BCUT2D eigenvalue weighted by Gasteiger charge is 2.30. The standard InChI is InChI=1S/C24H28N4O3/c1-16-25-15-24(31-16)22-11-18-10-20(26-13-19(18)14-27-22)12-23(29)17-2-4-21(5-3-17)28-6-8-30-9-7-28/h10-11,13-15,17,21H,2-9,12H2,1H3. The molecule has 2 aliphatic rings. The minimum atomic E-state index is 0.153. The van der Waals surface area contributed by atoms with Gasteiger partial charge in [-0.05, 0) is 43.2 Å². The molecule has 1 aliphatic heterocycles. The Bertz CT molecular complexity index is 1070. The second-order valence-corrected chi connectivity index (χ2v) is 8.63. The summed E-state index contributed by atoms with van der Waals surface area (Å²) >= 11 is 0. The van der Waals surface area contributed by atoms with Crippen molar-refractivity contribution in [3.8, 4) is 11.5 Å². The maximum absolute atomic E-state index is 13.0. The van der Waals surface area contributed by atoms with Crippen molar-refractivity contribution >= 4 is 16.6 Å². The molecule has 5 rings (SSSR count). The molecular weight excluding hydrogens is 392 g/mol. The number of aromatic nitrogens is 3. The van der Waals surface area contributed by atoms with E-state index >= 15 is 0 Å². The van der Waals surface area contributed by atoms with E-state index in [1.54, 1.807) is 18.6 Å². The molecule has 4 heterocycles. The van der Waals surface area contributed by atoms with Crippen LogP contribution >= 0.6 is 0 Å². The summed E-state index contributed by atoms with van der Waals surface area (Å²) in [6.45, 7) is 5.52. The molecule has 0 atom stereocenters. The number of Topliss-reactive ketones (excluding diaryl/α,β-unsaturated/α-hetero) is 1. The lowest BCUT2D eigenvalue weighted by Gasteiger charge is -2.38. The Hall–Kier alpha value is -2.64. The van der Waals surface area contributed by atoms with Gasteiger partial charge in [-0.1, -0.05) is 0 Å². The highest BCUT2D eigenvalue weighted by molar-refractivity contribution is 5.87. The predicted octanol–water partition coefficient (Wildman–Crippen LogP) is 3.60. The van der Waals surface area contributed by atoms with Crippen molar-refractivity contribution in [2.45, 2.75) is 45.1 Å². The van der Waals surface area contributed by atoms with Crippen LogP contribution in [0.15, 0.2) is 35.1 Å². The lowest BCUT2D eigenvalue weighted by atomic mass is 9.81. The van der Waals surface area contributed by atoms with Gasteiger partial charge in [0, 0.05) is 61.9 Å². The van der Waals surface area contributed by atoms with Crippen LogP contribution in [0.5, 0.6) is 0 Å². The summed E-state index contributed by atoms with van der Waals surface area (Å²) in [7, 11) is 0. The van der Waals surface area contributed by atoms with Crippen LogP contribution in [0, 0.1) is 12.8 Å². The van der Waals surface area contributed by atoms with Crippen LogP contribution in [0.4, 0.5) is 0 Å². The maximum Gasteiger partial charge on any atom is 0.191 e. The Labute approximate surface area is 181 Å². The lowest BCUT2D eigenvalue weighted by Crippen LogP contribution is -2.45. The van der Waals surface area contributed by atoms with Gasteiger partial charge in [-0.3, -0.25) is 19.7 Å². The van der Waals surface area contributed by atoms with Gasteiger partial charge in [0.2, 0.25) is 0 Å². The van der Waals surface area contributed by atoms with E-state index in [1.807, 2.05) is 19.1 Å². The van der Waals surface area contributed by atoms with E-state index in [9.17, 15) is 4.79 Å². The Morgan fingerprint density at radius 1 is 1.00 bits per heavy atom. The predicted molar refractivity (Wildman–Crippen MR) is 117 cm³/mol. The van der Waals surface area contributed by atoms with Crippen molar-refractivity contribution in [1.82, 2.24) is 19.9 Å². The van der Waals surface area contributed by atoms with Crippen LogP contribution in [-0.4, -0.2) is 58.0 Å². The van der Waals surface area contributed by atoms with E-state index in [4.69, 9.17) is 9.15 Å². The first-order chi connectivity index (χ1) is 15.2. The summed E-state index contributed by atoms with van der Waals surface area (Å²) in [5, 5.41) is 1.95. The van der Waals surface area contributed by atoms with E-state index in [2.05, 4.69) is 19.9 Å². The van der Waals surface area contributed by atoms with Gasteiger partial charge in [-0.15, -0.1) is 0 Å². The minimum Gasteiger partial charge on any atom is -0.439 e. The normalized spacial score (nSPS) is 22.6. The number of carbonyl (C=O) groups is 1. The smallest absolute Gasteiger partial charge is 0.191 e. The van der Waals surface area contributed by atoms with Gasteiger partial charge >= 0.3 is 0 Å². The average Bonchev–Trinajstić information content (AvgIpc) is 3.25. The van der Waals surface area contributed by atoms with E-state index in [1.165, 1.54) is 0 Å². The number of hydrogen-bond donors (Lipinski definition) is 0. The zero-order chi connectivity index (χ0) is 21.2. The van der Waals surface area contributed by atoms with Gasteiger partial charge in [0.25, 0.3) is 0 Å². The first-order valence-corrected chi connectivity index (χ1v) is 11.2. The molecule has 3 aromatic rings. The van der Waals surface area contributed by atoms with Crippen LogP contribution in [0.2, 0.25) is 0 Å². The van der Waals surface area contributed by atoms with Gasteiger partial charge in [0.05, 0.1) is 19.4 Å². The number of morpholine rings is 1. The van der Waals surface area contributed by atoms with Crippen molar-refractivity contribution in [3.05, 3.63) is 42.3 Å². The number of nitrogens with zero attached hydrogens (tertiary/aromatic N) is 4. The first-order valence-electron chi connectivity index (χ1n) is 11.2. The van der Waals surface area contributed by atoms with Gasteiger partial charge in [0.15, 0.2) is 11.7 Å². The Morgan fingerprint density at radius 2 is 1.77 bits per heavy atom. The molecule has 7 heteroatoms. The highest BCUT2D eigenvalue weighted by Crippen LogP contribution is 2.30. The molecule has 3 aromatic heterocycles. The number of pyridine rings is 2. The van der Waals surface area contributed by atoms with Gasteiger partial charge < -0.3 is 9.15 Å². The molecule has 2 fully saturated rings. The number of fused-ring (bicyclic) bond motifs is 1. The first kappa shape index (κ1) is 20.3. The Kier molecular flexibility index (Phi) is 5.78. The van der Waals surface area contributed by atoms with Crippen molar-refractivity contribution in [2.24, 2.45) is 5.92 Å². The molecule has 7 nitrogen and oxygen atoms in total. The van der Waals surface area contributed by atoms with Gasteiger partial charge in [-0.25, -0.2) is 4.98 Å². The number of aryl methyl sites for hydroxylation is 1.